The third-order valence-corrected chi connectivity index (χ3v) is 5.92. The van der Waals surface area contributed by atoms with Gasteiger partial charge in [0.2, 0.25) is 0 Å². The highest BCUT2D eigenvalue weighted by Gasteiger charge is 2.30. The molecule has 150 valence electrons. The standard InChI is InChI=1S/C17H29N3O4S.HI/c1-17(2,25(5,21)22)13-19-16(18-3)20-14-8-6-9-15(12-14)24-11-7-10-23-4;/h6,8-9,12H,7,10-11,13H2,1-5H3,(H2,18,19,20);1H. The van der Waals surface area contributed by atoms with Gasteiger partial charge in [0.1, 0.15) is 5.75 Å². The maximum absolute atomic E-state index is 11.8. The highest BCUT2D eigenvalue weighted by Crippen LogP contribution is 2.18. The van der Waals surface area contributed by atoms with E-state index in [1.807, 2.05) is 24.3 Å². The molecule has 0 bridgehead atoms. The Bertz CT molecular complexity index is 678. The van der Waals surface area contributed by atoms with Crippen molar-refractivity contribution in [2.45, 2.75) is 25.0 Å². The first-order valence-electron chi connectivity index (χ1n) is 8.08. The summed E-state index contributed by atoms with van der Waals surface area (Å²) in [5.74, 6) is 1.24. The number of hydrogen-bond acceptors (Lipinski definition) is 5. The number of methoxy groups -OCH3 is 1. The fraction of sp³-hybridized carbons (Fsp3) is 0.588. The lowest BCUT2D eigenvalue weighted by Crippen LogP contribution is -2.45. The number of nitrogens with zero attached hydrogens (tertiary/aromatic N) is 1. The van der Waals surface area contributed by atoms with Crippen molar-refractivity contribution in [3.05, 3.63) is 24.3 Å². The van der Waals surface area contributed by atoms with E-state index in [4.69, 9.17) is 9.47 Å². The number of nitrogens with one attached hydrogen (secondary N) is 2. The average molecular weight is 499 g/mol. The largest absolute Gasteiger partial charge is 0.493 e. The van der Waals surface area contributed by atoms with Crippen LogP contribution in [0.1, 0.15) is 20.3 Å². The molecule has 0 saturated heterocycles. The van der Waals surface area contributed by atoms with E-state index in [2.05, 4.69) is 15.6 Å². The molecule has 0 heterocycles. The fourth-order valence-electron chi connectivity index (χ4n) is 1.80. The second kappa shape index (κ2) is 11.6. The first-order chi connectivity index (χ1) is 11.7. The maximum Gasteiger partial charge on any atom is 0.195 e. The molecule has 0 saturated carbocycles. The molecule has 0 radical (unpaired) electrons. The van der Waals surface area contributed by atoms with E-state index in [1.54, 1.807) is 28.0 Å². The molecular weight excluding hydrogens is 469 g/mol. The summed E-state index contributed by atoms with van der Waals surface area (Å²) in [7, 11) is 0.117. The average Bonchev–Trinajstić information content (AvgIpc) is 2.55. The molecule has 0 fully saturated rings. The Morgan fingerprint density at radius 3 is 2.54 bits per heavy atom. The molecule has 26 heavy (non-hydrogen) atoms. The van der Waals surface area contributed by atoms with Gasteiger partial charge in [-0.2, -0.15) is 0 Å². The molecule has 1 aromatic carbocycles. The first-order valence-corrected chi connectivity index (χ1v) is 9.98. The van der Waals surface area contributed by atoms with Gasteiger partial charge >= 0.3 is 0 Å². The third kappa shape index (κ3) is 8.54. The molecular formula is C17H30IN3O4S. The highest BCUT2D eigenvalue weighted by molar-refractivity contribution is 14.0. The van der Waals surface area contributed by atoms with Gasteiger partial charge in [0.05, 0.1) is 11.4 Å². The van der Waals surface area contributed by atoms with Crippen LogP contribution in [-0.4, -0.2) is 59.3 Å². The number of halogens is 1. The van der Waals surface area contributed by atoms with Crippen molar-refractivity contribution in [1.29, 1.82) is 0 Å². The molecule has 0 aliphatic carbocycles. The molecule has 1 aromatic rings. The Labute approximate surface area is 173 Å². The molecule has 0 aromatic heterocycles. The van der Waals surface area contributed by atoms with Gasteiger partial charge in [-0.15, -0.1) is 24.0 Å². The van der Waals surface area contributed by atoms with Gasteiger partial charge in [0.15, 0.2) is 15.8 Å². The molecule has 9 heteroatoms. The van der Waals surface area contributed by atoms with Crippen molar-refractivity contribution in [1.82, 2.24) is 5.32 Å². The number of rotatable bonds is 9. The second-order valence-corrected chi connectivity index (χ2v) is 8.95. The Balaban J connectivity index is 0.00000625. The molecule has 0 atom stereocenters. The van der Waals surface area contributed by atoms with Crippen molar-refractivity contribution < 1.29 is 17.9 Å². The summed E-state index contributed by atoms with van der Waals surface area (Å²) in [5, 5.41) is 6.18. The number of sulfone groups is 1. The number of ether oxygens (including phenoxy) is 2. The lowest BCUT2D eigenvalue weighted by atomic mass is 10.2. The van der Waals surface area contributed by atoms with E-state index in [9.17, 15) is 8.42 Å². The molecule has 2 N–H and O–H groups in total. The normalized spacial score (nSPS) is 12.3. The Kier molecular flexibility index (Phi) is 11.1. The van der Waals surface area contributed by atoms with E-state index < -0.39 is 14.6 Å². The van der Waals surface area contributed by atoms with Crippen LogP contribution >= 0.6 is 24.0 Å². The van der Waals surface area contributed by atoms with Gasteiger partial charge in [-0.25, -0.2) is 8.42 Å². The van der Waals surface area contributed by atoms with E-state index >= 15 is 0 Å². The van der Waals surface area contributed by atoms with Gasteiger partial charge in [-0.3, -0.25) is 4.99 Å². The fourth-order valence-corrected chi connectivity index (χ4v) is 2.13. The van der Waals surface area contributed by atoms with E-state index in [0.29, 0.717) is 19.2 Å². The summed E-state index contributed by atoms with van der Waals surface area (Å²) in [6, 6.07) is 7.50. The molecule has 0 aliphatic heterocycles. The zero-order valence-corrected chi connectivity index (χ0v) is 19.2. The van der Waals surface area contributed by atoms with Crippen LogP contribution in [-0.2, 0) is 14.6 Å². The van der Waals surface area contributed by atoms with E-state index in [-0.39, 0.29) is 30.5 Å². The van der Waals surface area contributed by atoms with Crippen LogP contribution in [0.4, 0.5) is 5.69 Å². The predicted molar refractivity (Wildman–Crippen MR) is 118 cm³/mol. The topological polar surface area (TPSA) is 89.0 Å². The summed E-state index contributed by atoms with van der Waals surface area (Å²) >= 11 is 0. The summed E-state index contributed by atoms with van der Waals surface area (Å²) in [4.78, 5) is 4.13. The Morgan fingerprint density at radius 2 is 1.96 bits per heavy atom. The van der Waals surface area contributed by atoms with E-state index in [1.165, 1.54) is 6.26 Å². The monoisotopic (exact) mass is 499 g/mol. The molecule has 0 amide bonds. The zero-order chi connectivity index (χ0) is 18.9. The quantitative estimate of drug-likeness (QED) is 0.235. The van der Waals surface area contributed by atoms with Crippen LogP contribution in [0.3, 0.4) is 0 Å². The van der Waals surface area contributed by atoms with Crippen LogP contribution in [0.5, 0.6) is 5.75 Å². The number of anilines is 1. The highest BCUT2D eigenvalue weighted by atomic mass is 127. The Hall–Kier alpha value is -1.07. The zero-order valence-electron chi connectivity index (χ0n) is 16.0. The van der Waals surface area contributed by atoms with Crippen LogP contribution in [0.25, 0.3) is 0 Å². The minimum absolute atomic E-state index is 0. The first kappa shape index (κ1) is 24.9. The van der Waals surface area contributed by atoms with Gasteiger partial charge in [-0.05, 0) is 26.0 Å². The minimum atomic E-state index is -3.18. The van der Waals surface area contributed by atoms with Gasteiger partial charge in [0.25, 0.3) is 0 Å². The number of benzene rings is 1. The van der Waals surface area contributed by atoms with Crippen LogP contribution in [0.2, 0.25) is 0 Å². The van der Waals surface area contributed by atoms with Crippen LogP contribution in [0.15, 0.2) is 29.3 Å². The lowest BCUT2D eigenvalue weighted by Gasteiger charge is -2.24. The van der Waals surface area contributed by atoms with E-state index in [0.717, 1.165) is 17.9 Å². The predicted octanol–water partition coefficient (Wildman–Crippen LogP) is 2.53. The van der Waals surface area contributed by atoms with Crippen molar-refractivity contribution in [3.8, 4) is 5.75 Å². The van der Waals surface area contributed by atoms with Crippen LogP contribution < -0.4 is 15.4 Å². The van der Waals surface area contributed by atoms with Crippen molar-refractivity contribution in [2.75, 3.05) is 45.5 Å². The van der Waals surface area contributed by atoms with Gasteiger partial charge < -0.3 is 20.1 Å². The summed E-state index contributed by atoms with van der Waals surface area (Å²) in [6.45, 7) is 4.84. The van der Waals surface area contributed by atoms with Crippen LogP contribution in [0, 0.1) is 0 Å². The van der Waals surface area contributed by atoms with Crippen molar-refractivity contribution in [3.63, 3.8) is 0 Å². The smallest absolute Gasteiger partial charge is 0.195 e. The lowest BCUT2D eigenvalue weighted by molar-refractivity contribution is 0.172. The SMILES string of the molecule is CN=C(NCC(C)(C)S(C)(=O)=O)Nc1cccc(OCCCOC)c1.I. The minimum Gasteiger partial charge on any atom is -0.493 e. The number of aliphatic imine (C=N–C) groups is 1. The maximum atomic E-state index is 11.8. The van der Waals surface area contributed by atoms with Crippen molar-refractivity contribution in [2.24, 2.45) is 4.99 Å². The molecule has 1 rings (SSSR count). The number of hydrogen-bond donors (Lipinski definition) is 2. The van der Waals surface area contributed by atoms with Gasteiger partial charge in [-0.1, -0.05) is 6.07 Å². The molecule has 0 aliphatic rings. The summed E-state index contributed by atoms with van der Waals surface area (Å²) in [6.07, 6.45) is 2.05. The summed E-state index contributed by atoms with van der Waals surface area (Å²) < 4.78 is 33.3. The molecule has 0 unspecified atom stereocenters. The third-order valence-electron chi connectivity index (χ3n) is 3.77. The summed E-state index contributed by atoms with van der Waals surface area (Å²) in [5.41, 5.74) is 0.800. The van der Waals surface area contributed by atoms with Gasteiger partial charge in [0, 0.05) is 51.7 Å². The Morgan fingerprint density at radius 1 is 1.27 bits per heavy atom. The molecule has 7 nitrogen and oxygen atoms in total. The molecule has 0 spiro atoms. The van der Waals surface area contributed by atoms with Crippen molar-refractivity contribution >= 4 is 45.5 Å². The number of guanidine groups is 1. The second-order valence-electron chi connectivity index (χ2n) is 6.31.